The number of benzene rings is 1. The second kappa shape index (κ2) is 7.14. The van der Waals surface area contributed by atoms with E-state index in [0.717, 1.165) is 11.3 Å². The molecule has 1 aromatic carbocycles. The van der Waals surface area contributed by atoms with E-state index < -0.39 is 0 Å². The van der Waals surface area contributed by atoms with Crippen molar-refractivity contribution >= 4 is 40.1 Å². The van der Waals surface area contributed by atoms with Crippen LogP contribution in [0.1, 0.15) is 18.4 Å². The van der Waals surface area contributed by atoms with Gasteiger partial charge in [-0.15, -0.1) is 0 Å². The number of carbonyl (C=O) groups is 1. The number of amides is 1. The van der Waals surface area contributed by atoms with E-state index in [1.54, 1.807) is 40.4 Å². The van der Waals surface area contributed by atoms with Crippen molar-refractivity contribution in [1.29, 1.82) is 0 Å². The number of hydrogen-bond acceptors (Lipinski definition) is 4. The number of hydrogen-bond donors (Lipinski definition) is 2. The van der Waals surface area contributed by atoms with Gasteiger partial charge in [0, 0.05) is 35.8 Å². The number of nitrogens with two attached hydrogens (primary N) is 1. The highest BCUT2D eigenvalue weighted by atomic mass is 32.1. The van der Waals surface area contributed by atoms with E-state index >= 15 is 0 Å². The zero-order valence-electron chi connectivity index (χ0n) is 11.2. The molecule has 0 spiro atoms. The predicted octanol–water partition coefficient (Wildman–Crippen LogP) is 1.96. The van der Waals surface area contributed by atoms with Crippen LogP contribution in [0.2, 0.25) is 0 Å². The van der Waals surface area contributed by atoms with Crippen molar-refractivity contribution in [3.05, 3.63) is 51.1 Å². The van der Waals surface area contributed by atoms with Gasteiger partial charge in [-0.05, 0) is 18.6 Å². The summed E-state index contributed by atoms with van der Waals surface area (Å²) in [5.41, 5.74) is 6.93. The largest absolute Gasteiger partial charge is 0.389 e. The van der Waals surface area contributed by atoms with Crippen molar-refractivity contribution < 1.29 is 4.79 Å². The molecule has 0 aliphatic rings. The summed E-state index contributed by atoms with van der Waals surface area (Å²) in [5.74, 6) is -0.0987. The van der Waals surface area contributed by atoms with Gasteiger partial charge >= 0.3 is 4.87 Å². The van der Waals surface area contributed by atoms with Crippen LogP contribution in [-0.4, -0.2) is 15.5 Å². The molecule has 1 amide bonds. The van der Waals surface area contributed by atoms with Gasteiger partial charge in [-0.3, -0.25) is 9.59 Å². The van der Waals surface area contributed by atoms with E-state index in [9.17, 15) is 9.59 Å². The molecule has 0 bridgehead atoms. The molecule has 5 nitrogen and oxygen atoms in total. The Morgan fingerprint density at radius 3 is 2.90 bits per heavy atom. The molecule has 2 aromatic rings. The van der Waals surface area contributed by atoms with Gasteiger partial charge in [-0.2, -0.15) is 0 Å². The normalized spacial score (nSPS) is 10.3. The van der Waals surface area contributed by atoms with Gasteiger partial charge in [-0.1, -0.05) is 35.7 Å². The first-order chi connectivity index (χ1) is 10.1. The second-order valence-corrected chi connectivity index (χ2v) is 5.76. The maximum Gasteiger partial charge on any atom is 0.307 e. The summed E-state index contributed by atoms with van der Waals surface area (Å²) in [6.07, 6.45) is 2.69. The van der Waals surface area contributed by atoms with Crippen LogP contribution in [0.25, 0.3) is 0 Å². The van der Waals surface area contributed by atoms with Crippen molar-refractivity contribution in [3.63, 3.8) is 0 Å². The zero-order chi connectivity index (χ0) is 15.2. The number of rotatable bonds is 6. The Morgan fingerprint density at radius 2 is 2.24 bits per heavy atom. The smallest absolute Gasteiger partial charge is 0.307 e. The number of carbonyl (C=O) groups excluding carboxylic acids is 1. The van der Waals surface area contributed by atoms with E-state index in [1.165, 1.54) is 0 Å². The van der Waals surface area contributed by atoms with Gasteiger partial charge in [0.1, 0.15) is 4.99 Å². The lowest BCUT2D eigenvalue weighted by Gasteiger charge is -2.07. The lowest BCUT2D eigenvalue weighted by molar-refractivity contribution is -0.116. The first-order valence-corrected chi connectivity index (χ1v) is 7.69. The maximum absolute atomic E-state index is 11.8. The summed E-state index contributed by atoms with van der Waals surface area (Å²) < 4.78 is 1.60. The van der Waals surface area contributed by atoms with Gasteiger partial charge < -0.3 is 15.6 Å². The van der Waals surface area contributed by atoms with E-state index in [4.69, 9.17) is 18.0 Å². The lowest BCUT2D eigenvalue weighted by atomic mass is 10.2. The number of aryl methyl sites for hydroxylation is 1. The fourth-order valence-electron chi connectivity index (χ4n) is 1.84. The summed E-state index contributed by atoms with van der Waals surface area (Å²) in [6.45, 7) is 0.544. The van der Waals surface area contributed by atoms with Crippen LogP contribution < -0.4 is 15.9 Å². The molecule has 0 saturated heterocycles. The molecule has 0 radical (unpaired) electrons. The second-order valence-electron chi connectivity index (χ2n) is 4.46. The van der Waals surface area contributed by atoms with Crippen molar-refractivity contribution in [3.8, 4) is 0 Å². The molecule has 3 N–H and O–H groups in total. The molecule has 0 aliphatic carbocycles. The number of nitrogens with zero attached hydrogens (tertiary/aromatic N) is 1. The fraction of sp³-hybridized carbons (Fsp3) is 0.214. The summed E-state index contributed by atoms with van der Waals surface area (Å²) in [5, 5.41) is 4.53. The number of anilines is 1. The highest BCUT2D eigenvalue weighted by Gasteiger charge is 2.05. The van der Waals surface area contributed by atoms with Crippen LogP contribution in [0, 0.1) is 0 Å². The molecule has 1 heterocycles. The Bertz CT molecular complexity index is 706. The van der Waals surface area contributed by atoms with Gasteiger partial charge in [0.25, 0.3) is 0 Å². The highest BCUT2D eigenvalue weighted by molar-refractivity contribution is 7.80. The summed E-state index contributed by atoms with van der Waals surface area (Å²) in [7, 11) is 0. The molecule has 0 aliphatic heterocycles. The molecule has 2 rings (SSSR count). The molecule has 110 valence electrons. The highest BCUT2D eigenvalue weighted by Crippen LogP contribution is 2.11. The summed E-state index contributed by atoms with van der Waals surface area (Å²) in [4.78, 5) is 23.5. The fourth-order valence-corrected chi connectivity index (χ4v) is 2.58. The predicted molar refractivity (Wildman–Crippen MR) is 88.8 cm³/mol. The minimum Gasteiger partial charge on any atom is -0.389 e. The Morgan fingerprint density at radius 1 is 1.43 bits per heavy atom. The third-order valence-corrected chi connectivity index (χ3v) is 3.81. The summed E-state index contributed by atoms with van der Waals surface area (Å²) >= 11 is 6.05. The van der Waals surface area contributed by atoms with E-state index in [1.807, 2.05) is 0 Å². The molecule has 0 atom stereocenters. The molecular weight excluding hydrogens is 306 g/mol. The average molecular weight is 321 g/mol. The SMILES string of the molecule is NC(=S)c1cccc(NC(=O)CCCn2ccsc2=O)c1. The number of aromatic nitrogens is 1. The zero-order valence-corrected chi connectivity index (χ0v) is 12.9. The van der Waals surface area contributed by atoms with Gasteiger partial charge in [0.2, 0.25) is 5.91 Å². The number of thiocarbonyl (C=S) groups is 1. The average Bonchev–Trinajstić information content (AvgIpc) is 2.85. The third kappa shape index (κ3) is 4.51. The van der Waals surface area contributed by atoms with Crippen molar-refractivity contribution in [1.82, 2.24) is 4.57 Å². The molecule has 1 aromatic heterocycles. The molecule has 21 heavy (non-hydrogen) atoms. The van der Waals surface area contributed by atoms with Gasteiger partial charge in [0.15, 0.2) is 0 Å². The van der Waals surface area contributed by atoms with Crippen LogP contribution in [0.15, 0.2) is 40.6 Å². The minimum absolute atomic E-state index is 0.000400. The minimum atomic E-state index is -0.0987. The van der Waals surface area contributed by atoms with Crippen molar-refractivity contribution in [2.45, 2.75) is 19.4 Å². The van der Waals surface area contributed by atoms with E-state index in [-0.39, 0.29) is 10.8 Å². The first kappa shape index (κ1) is 15.4. The molecule has 7 heteroatoms. The van der Waals surface area contributed by atoms with Crippen LogP contribution in [0.4, 0.5) is 5.69 Å². The van der Waals surface area contributed by atoms with Gasteiger partial charge in [-0.25, -0.2) is 0 Å². The van der Waals surface area contributed by atoms with Crippen LogP contribution in [0.5, 0.6) is 0 Å². The molecule has 0 saturated carbocycles. The van der Waals surface area contributed by atoms with Crippen LogP contribution in [-0.2, 0) is 11.3 Å². The molecule has 0 unspecified atom stereocenters. The first-order valence-electron chi connectivity index (χ1n) is 6.40. The van der Waals surface area contributed by atoms with Crippen LogP contribution >= 0.6 is 23.6 Å². The molecular formula is C14H15N3O2S2. The molecule has 0 fully saturated rings. The Labute approximate surface area is 131 Å². The monoisotopic (exact) mass is 321 g/mol. The Balaban J connectivity index is 1.84. The number of nitrogens with one attached hydrogen (secondary N) is 1. The third-order valence-electron chi connectivity index (χ3n) is 2.88. The van der Waals surface area contributed by atoms with E-state index in [0.29, 0.717) is 35.6 Å². The lowest BCUT2D eigenvalue weighted by Crippen LogP contribution is -2.16. The Hall–Kier alpha value is -1.99. The van der Waals surface area contributed by atoms with Crippen LogP contribution in [0.3, 0.4) is 0 Å². The van der Waals surface area contributed by atoms with E-state index in [2.05, 4.69) is 5.32 Å². The Kier molecular flexibility index (Phi) is 5.24. The standard InChI is InChI=1S/C14H15N3O2S2/c15-13(20)10-3-1-4-11(9-10)16-12(18)5-2-6-17-7-8-21-14(17)19/h1,3-4,7-9H,2,5-6H2,(H2,15,20)(H,16,18). The quantitative estimate of drug-likeness (QED) is 0.797. The van der Waals surface area contributed by atoms with Gasteiger partial charge in [0.05, 0.1) is 0 Å². The number of thiazole rings is 1. The topological polar surface area (TPSA) is 77.1 Å². The summed E-state index contributed by atoms with van der Waals surface area (Å²) in [6, 6.07) is 7.10. The maximum atomic E-state index is 11.8. The van der Waals surface area contributed by atoms with Crippen molar-refractivity contribution in [2.24, 2.45) is 5.73 Å². The van der Waals surface area contributed by atoms with Crippen molar-refractivity contribution in [2.75, 3.05) is 5.32 Å².